The highest BCUT2D eigenvalue weighted by Gasteiger charge is 2.15. The lowest BCUT2D eigenvalue weighted by molar-refractivity contribution is 0.912. The van der Waals surface area contributed by atoms with E-state index in [0.29, 0.717) is 5.95 Å². The molecule has 1 heterocycles. The summed E-state index contributed by atoms with van der Waals surface area (Å²) >= 11 is 0. The van der Waals surface area contributed by atoms with Gasteiger partial charge in [0.2, 0.25) is 0 Å². The lowest BCUT2D eigenvalue weighted by Crippen LogP contribution is -1.89. The molecular weight excluding hydrogens is 186 g/mol. The van der Waals surface area contributed by atoms with Crippen LogP contribution in [0.4, 0.5) is 5.95 Å². The second-order valence-corrected chi connectivity index (χ2v) is 3.98. The molecule has 0 radical (unpaired) electrons. The SMILES string of the molecule is Nc1ncc(-c2cccc3c2CCC3)[nH]1. The Kier molecular flexibility index (Phi) is 1.78. The molecule has 0 unspecified atom stereocenters. The van der Waals surface area contributed by atoms with Crippen molar-refractivity contribution in [2.24, 2.45) is 0 Å². The van der Waals surface area contributed by atoms with Crippen molar-refractivity contribution in [2.75, 3.05) is 5.73 Å². The number of nitrogens with zero attached hydrogens (tertiary/aromatic N) is 1. The Bertz CT molecular complexity index is 499. The number of H-pyrrole nitrogens is 1. The highest BCUT2D eigenvalue weighted by Crippen LogP contribution is 2.31. The first-order valence-electron chi connectivity index (χ1n) is 5.26. The number of fused-ring (bicyclic) bond motifs is 1. The van der Waals surface area contributed by atoms with Crippen molar-refractivity contribution in [2.45, 2.75) is 19.3 Å². The van der Waals surface area contributed by atoms with Gasteiger partial charge in [0.15, 0.2) is 5.95 Å². The van der Waals surface area contributed by atoms with Crippen molar-refractivity contribution in [1.29, 1.82) is 0 Å². The van der Waals surface area contributed by atoms with Crippen LogP contribution in [0.2, 0.25) is 0 Å². The van der Waals surface area contributed by atoms with E-state index in [0.717, 1.165) is 5.69 Å². The first-order chi connectivity index (χ1) is 7.34. The predicted octanol–water partition coefficient (Wildman–Crippen LogP) is 2.15. The normalized spacial score (nSPS) is 14.1. The standard InChI is InChI=1S/C12H13N3/c13-12-14-7-11(15-12)10-6-2-4-8-3-1-5-9(8)10/h2,4,6-7H,1,3,5H2,(H3,13,14,15). The molecule has 3 rings (SSSR count). The summed E-state index contributed by atoms with van der Waals surface area (Å²) < 4.78 is 0. The molecule has 0 bridgehead atoms. The molecule has 1 aromatic heterocycles. The largest absolute Gasteiger partial charge is 0.369 e. The summed E-state index contributed by atoms with van der Waals surface area (Å²) in [7, 11) is 0. The van der Waals surface area contributed by atoms with Crippen molar-refractivity contribution in [3.05, 3.63) is 35.5 Å². The molecule has 1 aromatic carbocycles. The molecule has 3 N–H and O–H groups in total. The zero-order valence-corrected chi connectivity index (χ0v) is 8.46. The number of nitrogen functional groups attached to an aromatic ring is 1. The zero-order valence-electron chi connectivity index (χ0n) is 8.46. The minimum atomic E-state index is 0.487. The molecule has 2 aromatic rings. The first-order valence-corrected chi connectivity index (χ1v) is 5.26. The van der Waals surface area contributed by atoms with Gasteiger partial charge in [-0.15, -0.1) is 0 Å². The average molecular weight is 199 g/mol. The smallest absolute Gasteiger partial charge is 0.197 e. The third kappa shape index (κ3) is 1.31. The van der Waals surface area contributed by atoms with Gasteiger partial charge >= 0.3 is 0 Å². The Labute approximate surface area is 88.3 Å². The molecule has 1 aliphatic rings. The molecule has 0 atom stereocenters. The van der Waals surface area contributed by atoms with E-state index in [-0.39, 0.29) is 0 Å². The number of imidazole rings is 1. The summed E-state index contributed by atoms with van der Waals surface area (Å²) in [5.41, 5.74) is 10.8. The number of nitrogens with one attached hydrogen (secondary N) is 1. The van der Waals surface area contributed by atoms with E-state index in [2.05, 4.69) is 28.2 Å². The molecule has 0 fully saturated rings. The van der Waals surface area contributed by atoms with Crippen LogP contribution < -0.4 is 5.73 Å². The summed E-state index contributed by atoms with van der Waals surface area (Å²) in [6.45, 7) is 0. The number of aromatic amines is 1. The van der Waals surface area contributed by atoms with Gasteiger partial charge in [0.1, 0.15) is 0 Å². The highest BCUT2D eigenvalue weighted by molar-refractivity contribution is 5.66. The summed E-state index contributed by atoms with van der Waals surface area (Å²) in [6, 6.07) is 6.46. The Hall–Kier alpha value is -1.77. The van der Waals surface area contributed by atoms with Crippen LogP contribution in [0.1, 0.15) is 17.5 Å². The lowest BCUT2D eigenvalue weighted by atomic mass is 10.0. The van der Waals surface area contributed by atoms with Gasteiger partial charge in [-0.1, -0.05) is 18.2 Å². The predicted molar refractivity (Wildman–Crippen MR) is 60.5 cm³/mol. The van der Waals surface area contributed by atoms with Crippen LogP contribution in [-0.4, -0.2) is 9.97 Å². The second-order valence-electron chi connectivity index (χ2n) is 3.98. The maximum absolute atomic E-state index is 5.59. The quantitative estimate of drug-likeness (QED) is 0.739. The van der Waals surface area contributed by atoms with E-state index in [1.807, 2.05) is 6.20 Å². The van der Waals surface area contributed by atoms with Gasteiger partial charge < -0.3 is 10.7 Å². The molecular formula is C12H13N3. The molecule has 3 nitrogen and oxygen atoms in total. The number of aryl methyl sites for hydroxylation is 1. The van der Waals surface area contributed by atoms with Crippen molar-refractivity contribution in [1.82, 2.24) is 9.97 Å². The van der Waals surface area contributed by atoms with Crippen molar-refractivity contribution >= 4 is 5.95 Å². The molecule has 1 aliphatic carbocycles. The summed E-state index contributed by atoms with van der Waals surface area (Å²) in [6.07, 6.45) is 5.44. The second kappa shape index (κ2) is 3.12. The van der Waals surface area contributed by atoms with E-state index in [9.17, 15) is 0 Å². The van der Waals surface area contributed by atoms with Crippen LogP contribution in [-0.2, 0) is 12.8 Å². The minimum absolute atomic E-state index is 0.487. The topological polar surface area (TPSA) is 54.7 Å². The fourth-order valence-corrected chi connectivity index (χ4v) is 2.35. The zero-order chi connectivity index (χ0) is 10.3. The van der Waals surface area contributed by atoms with E-state index in [4.69, 9.17) is 5.73 Å². The Morgan fingerprint density at radius 3 is 3.00 bits per heavy atom. The van der Waals surface area contributed by atoms with Gasteiger partial charge in [0.25, 0.3) is 0 Å². The minimum Gasteiger partial charge on any atom is -0.369 e. The molecule has 0 spiro atoms. The maximum atomic E-state index is 5.59. The van der Waals surface area contributed by atoms with E-state index >= 15 is 0 Å². The van der Waals surface area contributed by atoms with Crippen LogP contribution in [0.15, 0.2) is 24.4 Å². The third-order valence-electron chi connectivity index (χ3n) is 3.03. The summed E-state index contributed by atoms with van der Waals surface area (Å²) in [4.78, 5) is 7.13. The number of nitrogens with two attached hydrogens (primary N) is 1. The monoisotopic (exact) mass is 199 g/mol. The van der Waals surface area contributed by atoms with Gasteiger partial charge in [-0.3, -0.25) is 0 Å². The number of benzene rings is 1. The Morgan fingerprint density at radius 2 is 2.20 bits per heavy atom. The molecule has 0 saturated carbocycles. The summed E-state index contributed by atoms with van der Waals surface area (Å²) in [5, 5.41) is 0. The van der Waals surface area contributed by atoms with Crippen LogP contribution >= 0.6 is 0 Å². The fraction of sp³-hybridized carbons (Fsp3) is 0.250. The van der Waals surface area contributed by atoms with Crippen LogP contribution in [0.3, 0.4) is 0 Å². The molecule has 0 amide bonds. The summed E-state index contributed by atoms with van der Waals surface area (Å²) in [5.74, 6) is 0.487. The number of aromatic nitrogens is 2. The van der Waals surface area contributed by atoms with E-state index < -0.39 is 0 Å². The molecule has 3 heteroatoms. The average Bonchev–Trinajstić information content (AvgIpc) is 2.84. The highest BCUT2D eigenvalue weighted by atomic mass is 15.0. The van der Waals surface area contributed by atoms with Crippen molar-refractivity contribution < 1.29 is 0 Å². The first kappa shape index (κ1) is 8.53. The fourth-order valence-electron chi connectivity index (χ4n) is 2.35. The van der Waals surface area contributed by atoms with E-state index in [1.54, 1.807) is 0 Å². The number of anilines is 1. The van der Waals surface area contributed by atoms with Crippen LogP contribution in [0, 0.1) is 0 Å². The molecule has 76 valence electrons. The molecule has 15 heavy (non-hydrogen) atoms. The maximum Gasteiger partial charge on any atom is 0.197 e. The number of rotatable bonds is 1. The van der Waals surface area contributed by atoms with Gasteiger partial charge in [-0.05, 0) is 30.4 Å². The van der Waals surface area contributed by atoms with E-state index in [1.165, 1.54) is 36.0 Å². The Morgan fingerprint density at radius 1 is 1.27 bits per heavy atom. The third-order valence-corrected chi connectivity index (χ3v) is 3.03. The number of hydrogen-bond donors (Lipinski definition) is 2. The van der Waals surface area contributed by atoms with Gasteiger partial charge in [0, 0.05) is 5.56 Å². The number of hydrogen-bond acceptors (Lipinski definition) is 2. The van der Waals surface area contributed by atoms with Crippen molar-refractivity contribution in [3.8, 4) is 11.3 Å². The molecule has 0 saturated heterocycles. The lowest BCUT2D eigenvalue weighted by Gasteiger charge is -2.05. The van der Waals surface area contributed by atoms with Gasteiger partial charge in [-0.25, -0.2) is 4.98 Å². The van der Waals surface area contributed by atoms with Gasteiger partial charge in [0.05, 0.1) is 11.9 Å². The van der Waals surface area contributed by atoms with Crippen molar-refractivity contribution in [3.63, 3.8) is 0 Å². The van der Waals surface area contributed by atoms with Crippen LogP contribution in [0.5, 0.6) is 0 Å². The molecule has 0 aliphatic heterocycles. The Balaban J connectivity index is 2.16. The van der Waals surface area contributed by atoms with Crippen LogP contribution in [0.25, 0.3) is 11.3 Å². The van der Waals surface area contributed by atoms with Gasteiger partial charge in [-0.2, -0.15) is 0 Å².